The Kier molecular flexibility index (Phi) is 5.20. The van der Waals surface area contributed by atoms with Crippen molar-refractivity contribution in [3.8, 4) is 16.9 Å². The van der Waals surface area contributed by atoms with Crippen LogP contribution >= 0.6 is 11.6 Å². The van der Waals surface area contributed by atoms with Crippen LogP contribution in [0.4, 0.5) is 11.6 Å². The quantitative estimate of drug-likeness (QED) is 0.463. The Balaban J connectivity index is 1.71. The fourth-order valence-corrected chi connectivity index (χ4v) is 3.36. The number of aromatic nitrogens is 3. The normalized spacial score (nSPS) is 10.8. The van der Waals surface area contributed by atoms with E-state index in [2.05, 4.69) is 20.5 Å². The van der Waals surface area contributed by atoms with Crippen molar-refractivity contribution in [3.63, 3.8) is 0 Å². The molecule has 1 aromatic heterocycles. The zero-order chi connectivity index (χ0) is 21.3. The molecule has 1 heterocycles. The van der Waals surface area contributed by atoms with Gasteiger partial charge in [-0.1, -0.05) is 17.7 Å². The van der Waals surface area contributed by atoms with Crippen LogP contribution in [-0.2, 0) is 0 Å². The Morgan fingerprint density at radius 1 is 1.10 bits per heavy atom. The van der Waals surface area contributed by atoms with E-state index >= 15 is 0 Å². The van der Waals surface area contributed by atoms with Gasteiger partial charge in [-0.05, 0) is 66.6 Å². The molecular weight excluding hydrogens is 404 g/mol. The lowest BCUT2D eigenvalue weighted by Gasteiger charge is -2.11. The molecule has 150 valence electrons. The van der Waals surface area contributed by atoms with Gasteiger partial charge in [-0.2, -0.15) is 0 Å². The average molecular weight is 421 g/mol. The highest BCUT2D eigenvalue weighted by molar-refractivity contribution is 6.33. The van der Waals surface area contributed by atoms with Gasteiger partial charge in [0.25, 0.3) is 0 Å². The summed E-state index contributed by atoms with van der Waals surface area (Å²) < 4.78 is 5.30. The Hall–Kier alpha value is -3.71. The Labute approximate surface area is 177 Å². The van der Waals surface area contributed by atoms with E-state index in [9.17, 15) is 4.79 Å². The van der Waals surface area contributed by atoms with Crippen molar-refractivity contribution in [1.82, 2.24) is 15.2 Å². The molecule has 0 spiro atoms. The molecule has 4 aromatic rings. The van der Waals surface area contributed by atoms with E-state index < -0.39 is 5.97 Å². The van der Waals surface area contributed by atoms with Crippen molar-refractivity contribution in [2.24, 2.45) is 0 Å². The summed E-state index contributed by atoms with van der Waals surface area (Å²) in [7, 11) is 1.61. The van der Waals surface area contributed by atoms with E-state index in [0.29, 0.717) is 27.5 Å². The fourth-order valence-electron chi connectivity index (χ4n) is 3.13. The molecule has 0 radical (unpaired) electrons. The maximum absolute atomic E-state index is 11.1. The lowest BCUT2D eigenvalue weighted by molar-refractivity contribution is 0.0697. The van der Waals surface area contributed by atoms with E-state index in [4.69, 9.17) is 21.4 Å². The maximum Gasteiger partial charge on any atom is 0.335 e. The SMILES string of the molecule is COc1ccc(Cl)c(-c2cc(C)c3nc(Nc4cccc(C(=O)O)c4)nnc3c2)c1. The number of carbonyl (C=O) groups is 1. The number of aromatic carboxylic acids is 1. The summed E-state index contributed by atoms with van der Waals surface area (Å²) >= 11 is 6.38. The Morgan fingerprint density at radius 3 is 2.70 bits per heavy atom. The Bertz CT molecular complexity index is 1280. The van der Waals surface area contributed by atoms with Crippen LogP contribution in [0.15, 0.2) is 54.6 Å². The average Bonchev–Trinajstić information content (AvgIpc) is 2.74. The van der Waals surface area contributed by atoms with E-state index in [1.54, 1.807) is 31.4 Å². The number of halogens is 1. The van der Waals surface area contributed by atoms with Crippen LogP contribution in [0.2, 0.25) is 5.02 Å². The van der Waals surface area contributed by atoms with Gasteiger partial charge >= 0.3 is 5.97 Å². The van der Waals surface area contributed by atoms with Gasteiger partial charge in [-0.25, -0.2) is 9.78 Å². The van der Waals surface area contributed by atoms with Gasteiger partial charge in [0, 0.05) is 16.3 Å². The van der Waals surface area contributed by atoms with E-state index in [0.717, 1.165) is 16.7 Å². The van der Waals surface area contributed by atoms with Crippen molar-refractivity contribution in [2.75, 3.05) is 12.4 Å². The van der Waals surface area contributed by atoms with E-state index in [-0.39, 0.29) is 11.5 Å². The van der Waals surface area contributed by atoms with Crippen molar-refractivity contribution in [3.05, 3.63) is 70.7 Å². The molecule has 2 N–H and O–H groups in total. The zero-order valence-electron chi connectivity index (χ0n) is 16.2. The number of fused-ring (bicyclic) bond motifs is 1. The Morgan fingerprint density at radius 2 is 1.93 bits per heavy atom. The van der Waals surface area contributed by atoms with Crippen LogP contribution in [-0.4, -0.2) is 33.4 Å². The summed E-state index contributed by atoms with van der Waals surface area (Å²) in [5, 5.41) is 21.2. The molecule has 30 heavy (non-hydrogen) atoms. The third-order valence-corrected chi connectivity index (χ3v) is 4.93. The van der Waals surface area contributed by atoms with Gasteiger partial charge in [0.05, 0.1) is 18.2 Å². The highest BCUT2D eigenvalue weighted by atomic mass is 35.5. The van der Waals surface area contributed by atoms with Crippen LogP contribution in [0.1, 0.15) is 15.9 Å². The highest BCUT2D eigenvalue weighted by Crippen LogP contribution is 2.34. The number of rotatable bonds is 5. The summed E-state index contributed by atoms with van der Waals surface area (Å²) in [4.78, 5) is 15.7. The lowest BCUT2D eigenvalue weighted by atomic mass is 10.0. The van der Waals surface area contributed by atoms with Crippen LogP contribution in [0, 0.1) is 6.92 Å². The number of carboxylic acids is 1. The maximum atomic E-state index is 11.1. The molecule has 0 aliphatic rings. The first-order valence-electron chi connectivity index (χ1n) is 9.04. The van der Waals surface area contributed by atoms with Crippen LogP contribution in [0.25, 0.3) is 22.2 Å². The van der Waals surface area contributed by atoms with Gasteiger partial charge in [0.15, 0.2) is 0 Å². The number of methoxy groups -OCH3 is 1. The molecule has 4 rings (SSSR count). The first-order chi connectivity index (χ1) is 14.4. The van der Waals surface area contributed by atoms with Crippen LogP contribution in [0.3, 0.4) is 0 Å². The lowest BCUT2D eigenvalue weighted by Crippen LogP contribution is -2.02. The summed E-state index contributed by atoms with van der Waals surface area (Å²) in [5.74, 6) is -0.0180. The molecule has 0 saturated heterocycles. The molecule has 0 saturated carbocycles. The molecule has 0 fully saturated rings. The first-order valence-corrected chi connectivity index (χ1v) is 9.42. The predicted molar refractivity (Wildman–Crippen MR) is 116 cm³/mol. The van der Waals surface area contributed by atoms with Crippen LogP contribution < -0.4 is 10.1 Å². The number of nitrogens with one attached hydrogen (secondary N) is 1. The van der Waals surface area contributed by atoms with Gasteiger partial charge in [0.1, 0.15) is 11.3 Å². The first kappa shape index (κ1) is 19.6. The number of ether oxygens (including phenoxy) is 1. The van der Waals surface area contributed by atoms with Crippen molar-refractivity contribution in [2.45, 2.75) is 6.92 Å². The summed E-state index contributed by atoms with van der Waals surface area (Å²) in [6, 6.07) is 15.7. The minimum absolute atomic E-state index is 0.171. The number of hydrogen-bond acceptors (Lipinski definition) is 6. The summed E-state index contributed by atoms with van der Waals surface area (Å²) in [6.45, 7) is 1.93. The van der Waals surface area contributed by atoms with Crippen molar-refractivity contribution >= 4 is 40.2 Å². The molecule has 7 nitrogen and oxygen atoms in total. The second-order valence-electron chi connectivity index (χ2n) is 6.65. The topological polar surface area (TPSA) is 97.2 Å². The second kappa shape index (κ2) is 7.96. The molecule has 8 heteroatoms. The number of benzene rings is 3. The minimum atomic E-state index is -1.00. The third-order valence-electron chi connectivity index (χ3n) is 4.60. The zero-order valence-corrected chi connectivity index (χ0v) is 16.9. The predicted octanol–water partition coefficient (Wildman–Crippen LogP) is 5.10. The number of nitrogens with zero attached hydrogens (tertiary/aromatic N) is 3. The van der Waals surface area contributed by atoms with Gasteiger partial charge in [-0.3, -0.25) is 0 Å². The van der Waals surface area contributed by atoms with Crippen molar-refractivity contribution < 1.29 is 14.6 Å². The molecule has 0 aliphatic heterocycles. The molecule has 0 aliphatic carbocycles. The smallest absolute Gasteiger partial charge is 0.335 e. The standard InChI is InChI=1S/C22H17ClN4O3/c1-12-8-14(17-11-16(30-2)6-7-18(17)23)10-19-20(12)25-22(27-26-19)24-15-5-3-4-13(9-15)21(28)29/h3-11H,1-2H3,(H,28,29)(H,24,25,27). The number of hydrogen-bond donors (Lipinski definition) is 2. The molecular formula is C22H17ClN4O3. The number of anilines is 2. The molecule has 3 aromatic carbocycles. The largest absolute Gasteiger partial charge is 0.497 e. The third kappa shape index (κ3) is 3.88. The number of carboxylic acid groups (broad SMARTS) is 1. The highest BCUT2D eigenvalue weighted by Gasteiger charge is 2.12. The van der Waals surface area contributed by atoms with E-state index in [1.165, 1.54) is 12.1 Å². The molecule has 0 atom stereocenters. The fraction of sp³-hybridized carbons (Fsp3) is 0.0909. The van der Waals surface area contributed by atoms with Gasteiger partial charge < -0.3 is 15.2 Å². The molecule has 0 bridgehead atoms. The van der Waals surface area contributed by atoms with Crippen molar-refractivity contribution in [1.29, 1.82) is 0 Å². The molecule has 0 amide bonds. The molecule has 0 unspecified atom stereocenters. The summed E-state index contributed by atoms with van der Waals surface area (Å²) in [6.07, 6.45) is 0. The van der Waals surface area contributed by atoms with Gasteiger partial charge in [-0.15, -0.1) is 10.2 Å². The summed E-state index contributed by atoms with van der Waals surface area (Å²) in [5.41, 5.74) is 4.65. The van der Waals surface area contributed by atoms with E-state index in [1.807, 2.05) is 25.1 Å². The number of aryl methyl sites for hydroxylation is 1. The monoisotopic (exact) mass is 420 g/mol. The van der Waals surface area contributed by atoms with Crippen LogP contribution in [0.5, 0.6) is 5.75 Å². The minimum Gasteiger partial charge on any atom is -0.497 e. The van der Waals surface area contributed by atoms with Gasteiger partial charge in [0.2, 0.25) is 5.95 Å². The second-order valence-corrected chi connectivity index (χ2v) is 7.06.